The van der Waals surface area contributed by atoms with E-state index in [1.807, 2.05) is 0 Å². The molecule has 0 saturated carbocycles. The van der Waals surface area contributed by atoms with Crippen molar-refractivity contribution in [1.29, 1.82) is 0 Å². The lowest BCUT2D eigenvalue weighted by Gasteiger charge is -2.37. The number of hydrogen-bond acceptors (Lipinski definition) is 5. The zero-order chi connectivity index (χ0) is 22.0. The van der Waals surface area contributed by atoms with Crippen LogP contribution in [-0.4, -0.2) is 51.2 Å². The van der Waals surface area contributed by atoms with Gasteiger partial charge in [-0.3, -0.25) is 14.4 Å². The second-order valence-electron chi connectivity index (χ2n) is 8.29. The Bertz CT molecular complexity index is 1080. The molecule has 0 radical (unpaired) electrons. The van der Waals surface area contributed by atoms with Gasteiger partial charge in [0, 0.05) is 36.8 Å². The molecule has 0 saturated heterocycles. The smallest absolute Gasteiger partial charge is 0.255 e. The molecule has 2 aliphatic rings. The first-order valence-corrected chi connectivity index (χ1v) is 12.6. The molecule has 31 heavy (non-hydrogen) atoms. The largest absolute Gasteiger partial charge is 0.492 e. The minimum absolute atomic E-state index is 0.213. The summed E-state index contributed by atoms with van der Waals surface area (Å²) in [4.78, 5) is 15.5. The van der Waals surface area contributed by atoms with Gasteiger partial charge in [0.1, 0.15) is 5.75 Å². The summed E-state index contributed by atoms with van der Waals surface area (Å²) in [5.41, 5.74) is 4.29. The van der Waals surface area contributed by atoms with Crippen LogP contribution >= 0.6 is 0 Å². The zero-order valence-electron chi connectivity index (χ0n) is 18.0. The maximum atomic E-state index is 13.1. The molecule has 2 aliphatic heterocycles. The summed E-state index contributed by atoms with van der Waals surface area (Å²) in [6, 6.07) is 12.0. The minimum Gasteiger partial charge on any atom is -0.492 e. The lowest BCUT2D eigenvalue weighted by Crippen LogP contribution is -2.47. The first kappa shape index (κ1) is 21.6. The number of nitrogens with one attached hydrogen (secondary N) is 2. The molecule has 7 nitrogen and oxygen atoms in total. The van der Waals surface area contributed by atoms with Gasteiger partial charge in [0.2, 0.25) is 10.0 Å². The standard InChI is InChI=1S/C23H29N3O4S/c1-3-9-26-15-18-7-5-4-6-16(18)12-20(26)14-24-23(27)21-13-19(25-31(2,28)29)11-17-8-10-30-22(17)21/h4-7,11,13,20,25H,3,8-10,12,14-15H2,1-2H3,(H,24,27)/t20-/m0/s1. The molecule has 2 aromatic rings. The molecule has 2 heterocycles. The summed E-state index contributed by atoms with van der Waals surface area (Å²) in [5.74, 6) is 0.307. The molecule has 8 heteroatoms. The van der Waals surface area contributed by atoms with Crippen LogP contribution < -0.4 is 14.8 Å². The molecule has 0 fully saturated rings. The molecule has 2 N–H and O–H groups in total. The van der Waals surface area contributed by atoms with E-state index in [4.69, 9.17) is 4.74 Å². The van der Waals surface area contributed by atoms with E-state index in [2.05, 4.69) is 46.1 Å². The van der Waals surface area contributed by atoms with Gasteiger partial charge in [-0.25, -0.2) is 8.42 Å². The van der Waals surface area contributed by atoms with E-state index in [0.717, 1.165) is 37.8 Å². The van der Waals surface area contributed by atoms with Crippen molar-refractivity contribution >= 4 is 21.6 Å². The molecule has 2 aromatic carbocycles. The van der Waals surface area contributed by atoms with Crippen LogP contribution in [0, 0.1) is 0 Å². The molecule has 0 aliphatic carbocycles. The van der Waals surface area contributed by atoms with E-state index < -0.39 is 10.0 Å². The third kappa shape index (κ3) is 5.02. The van der Waals surface area contributed by atoms with Gasteiger partial charge in [0.05, 0.1) is 18.4 Å². The van der Waals surface area contributed by atoms with E-state index in [1.54, 1.807) is 12.1 Å². The number of nitrogens with zero attached hydrogens (tertiary/aromatic N) is 1. The van der Waals surface area contributed by atoms with Gasteiger partial charge >= 0.3 is 0 Å². The summed E-state index contributed by atoms with van der Waals surface area (Å²) in [6.45, 7) is 5.03. The highest BCUT2D eigenvalue weighted by molar-refractivity contribution is 7.92. The van der Waals surface area contributed by atoms with Crippen molar-refractivity contribution in [2.75, 3.05) is 30.7 Å². The van der Waals surface area contributed by atoms with Crippen LogP contribution in [0.3, 0.4) is 0 Å². The first-order chi connectivity index (χ1) is 14.8. The Balaban J connectivity index is 1.52. The quantitative estimate of drug-likeness (QED) is 0.687. The number of anilines is 1. The Hall–Kier alpha value is -2.58. The molecular formula is C23H29N3O4S. The molecule has 0 bridgehead atoms. The van der Waals surface area contributed by atoms with Crippen molar-refractivity contribution < 1.29 is 17.9 Å². The van der Waals surface area contributed by atoms with Gasteiger partial charge in [-0.15, -0.1) is 0 Å². The van der Waals surface area contributed by atoms with Crippen LogP contribution in [0.2, 0.25) is 0 Å². The average Bonchev–Trinajstić information content (AvgIpc) is 3.19. The highest BCUT2D eigenvalue weighted by atomic mass is 32.2. The fourth-order valence-electron chi connectivity index (χ4n) is 4.45. The number of ether oxygens (including phenoxy) is 1. The average molecular weight is 444 g/mol. The van der Waals surface area contributed by atoms with E-state index in [0.29, 0.717) is 36.6 Å². The van der Waals surface area contributed by atoms with Gasteiger partial charge in [-0.2, -0.15) is 0 Å². The van der Waals surface area contributed by atoms with E-state index in [-0.39, 0.29) is 11.9 Å². The normalized spacial score (nSPS) is 18.1. The molecule has 1 amide bonds. The van der Waals surface area contributed by atoms with Crippen molar-refractivity contribution in [3.05, 3.63) is 58.7 Å². The SMILES string of the molecule is CCCN1Cc2ccccc2C[C@H]1CNC(=O)c1cc(NS(C)(=O)=O)cc2c1OCC2. The van der Waals surface area contributed by atoms with Crippen LogP contribution in [0.25, 0.3) is 0 Å². The Kier molecular flexibility index (Phi) is 6.20. The van der Waals surface area contributed by atoms with Gasteiger partial charge in [0.15, 0.2) is 0 Å². The maximum absolute atomic E-state index is 13.1. The Morgan fingerprint density at radius 1 is 1.19 bits per heavy atom. The highest BCUT2D eigenvalue weighted by Crippen LogP contribution is 2.33. The third-order valence-electron chi connectivity index (χ3n) is 5.80. The van der Waals surface area contributed by atoms with Crippen LogP contribution in [0.1, 0.15) is 40.4 Å². The maximum Gasteiger partial charge on any atom is 0.255 e. The summed E-state index contributed by atoms with van der Waals surface area (Å²) < 4.78 is 31.5. The number of fused-ring (bicyclic) bond motifs is 2. The predicted octanol–water partition coefficient (Wildman–Crippen LogP) is 2.56. The van der Waals surface area contributed by atoms with Crippen molar-refractivity contribution in [3.63, 3.8) is 0 Å². The number of rotatable bonds is 7. The predicted molar refractivity (Wildman–Crippen MR) is 121 cm³/mol. The van der Waals surface area contributed by atoms with Crippen LogP contribution in [0.15, 0.2) is 36.4 Å². The second kappa shape index (κ2) is 8.88. The molecule has 166 valence electrons. The van der Waals surface area contributed by atoms with Gasteiger partial charge < -0.3 is 10.1 Å². The zero-order valence-corrected chi connectivity index (χ0v) is 18.8. The molecular weight excluding hydrogens is 414 g/mol. The molecule has 0 spiro atoms. The van der Waals surface area contributed by atoms with Crippen LogP contribution in [0.4, 0.5) is 5.69 Å². The van der Waals surface area contributed by atoms with E-state index >= 15 is 0 Å². The second-order valence-corrected chi connectivity index (χ2v) is 10.0. The molecule has 4 rings (SSSR count). The summed E-state index contributed by atoms with van der Waals surface area (Å²) in [6.07, 6.45) is 3.69. The van der Waals surface area contributed by atoms with Crippen molar-refractivity contribution in [2.45, 2.75) is 38.8 Å². The van der Waals surface area contributed by atoms with Crippen LogP contribution in [0.5, 0.6) is 5.75 Å². The van der Waals surface area contributed by atoms with Gasteiger partial charge in [-0.1, -0.05) is 31.2 Å². The number of carbonyl (C=O) groups is 1. The van der Waals surface area contributed by atoms with Gasteiger partial charge in [-0.05, 0) is 42.6 Å². The minimum atomic E-state index is -3.44. The summed E-state index contributed by atoms with van der Waals surface area (Å²) in [7, 11) is -3.44. The topological polar surface area (TPSA) is 87.7 Å². The van der Waals surface area contributed by atoms with Crippen LogP contribution in [-0.2, 0) is 29.4 Å². The number of sulfonamides is 1. The molecule has 0 aromatic heterocycles. The number of carbonyl (C=O) groups excluding carboxylic acids is 1. The summed E-state index contributed by atoms with van der Waals surface area (Å²) in [5, 5.41) is 3.07. The van der Waals surface area contributed by atoms with Crippen molar-refractivity contribution in [2.24, 2.45) is 0 Å². The lowest BCUT2D eigenvalue weighted by molar-refractivity contribution is 0.0922. The number of amides is 1. The summed E-state index contributed by atoms with van der Waals surface area (Å²) >= 11 is 0. The van der Waals surface area contributed by atoms with Gasteiger partial charge in [0.25, 0.3) is 5.91 Å². The number of benzene rings is 2. The monoisotopic (exact) mass is 443 g/mol. The fraction of sp³-hybridized carbons (Fsp3) is 0.435. The fourth-order valence-corrected chi connectivity index (χ4v) is 4.99. The molecule has 1 atom stereocenters. The lowest BCUT2D eigenvalue weighted by atomic mass is 9.93. The Morgan fingerprint density at radius 3 is 2.71 bits per heavy atom. The Labute approximate surface area is 183 Å². The van der Waals surface area contributed by atoms with Crippen molar-refractivity contribution in [3.8, 4) is 5.75 Å². The van der Waals surface area contributed by atoms with E-state index in [1.165, 1.54) is 11.1 Å². The number of hydrogen-bond donors (Lipinski definition) is 2. The Morgan fingerprint density at radius 2 is 1.97 bits per heavy atom. The first-order valence-electron chi connectivity index (χ1n) is 10.7. The highest BCUT2D eigenvalue weighted by Gasteiger charge is 2.27. The molecule has 0 unspecified atom stereocenters. The van der Waals surface area contributed by atoms with Crippen molar-refractivity contribution in [1.82, 2.24) is 10.2 Å². The third-order valence-corrected chi connectivity index (χ3v) is 6.41. The van der Waals surface area contributed by atoms with E-state index in [9.17, 15) is 13.2 Å².